The number of benzene rings is 2. The molecule has 1 saturated heterocycles. The fourth-order valence-electron chi connectivity index (χ4n) is 4.35. The number of aliphatic imine (C=N–C) groups is 1. The monoisotopic (exact) mass is 437 g/mol. The van der Waals surface area contributed by atoms with Gasteiger partial charge in [0.25, 0.3) is 0 Å². The van der Waals surface area contributed by atoms with Crippen molar-refractivity contribution in [1.82, 2.24) is 4.90 Å². The first-order chi connectivity index (χ1) is 15.2. The number of amidine groups is 1. The van der Waals surface area contributed by atoms with Crippen LogP contribution in [0.2, 0.25) is 0 Å². The zero-order chi connectivity index (χ0) is 21.6. The Morgan fingerprint density at radius 2 is 1.74 bits per heavy atom. The second kappa shape index (κ2) is 10.2. The third-order valence-corrected chi connectivity index (χ3v) is 6.97. The molecular formula is C25H31N3O2S. The van der Waals surface area contributed by atoms with Crippen molar-refractivity contribution in [2.24, 2.45) is 4.99 Å². The number of nitrogens with zero attached hydrogens (tertiary/aromatic N) is 3. The molecule has 1 aliphatic heterocycles. The first-order valence-corrected chi connectivity index (χ1v) is 12.2. The molecule has 1 heterocycles. The Kier molecular flexibility index (Phi) is 7.17. The number of amides is 1. The number of rotatable bonds is 6. The Morgan fingerprint density at radius 1 is 1.06 bits per heavy atom. The van der Waals surface area contributed by atoms with Gasteiger partial charge >= 0.3 is 0 Å². The summed E-state index contributed by atoms with van der Waals surface area (Å²) in [5.74, 6) is 2.43. The number of hydrogen-bond acceptors (Lipinski definition) is 4. The van der Waals surface area contributed by atoms with E-state index >= 15 is 0 Å². The van der Waals surface area contributed by atoms with Crippen LogP contribution in [0.4, 0.5) is 5.69 Å². The number of anilines is 1. The van der Waals surface area contributed by atoms with E-state index in [2.05, 4.69) is 11.8 Å². The Hall–Kier alpha value is -2.47. The Balaban J connectivity index is 1.51. The van der Waals surface area contributed by atoms with E-state index in [1.807, 2.05) is 59.5 Å². The molecule has 2 fully saturated rings. The molecule has 1 aliphatic carbocycles. The van der Waals surface area contributed by atoms with E-state index in [9.17, 15) is 4.79 Å². The number of thioether (sulfide) groups is 1. The molecule has 31 heavy (non-hydrogen) atoms. The predicted octanol–water partition coefficient (Wildman–Crippen LogP) is 5.92. The van der Waals surface area contributed by atoms with Crippen LogP contribution in [0.3, 0.4) is 0 Å². The molecule has 2 aromatic carbocycles. The lowest BCUT2D eigenvalue weighted by molar-refractivity contribution is -0.117. The lowest BCUT2D eigenvalue weighted by Crippen LogP contribution is -2.50. The predicted molar refractivity (Wildman–Crippen MR) is 129 cm³/mol. The molecule has 1 unspecified atom stereocenters. The summed E-state index contributed by atoms with van der Waals surface area (Å²) in [5, 5.41) is 1.09. The van der Waals surface area contributed by atoms with Crippen LogP contribution in [-0.4, -0.2) is 40.5 Å². The third-order valence-electron chi connectivity index (χ3n) is 5.91. The van der Waals surface area contributed by atoms with Crippen molar-refractivity contribution in [3.63, 3.8) is 0 Å². The van der Waals surface area contributed by atoms with E-state index < -0.39 is 0 Å². The van der Waals surface area contributed by atoms with Crippen LogP contribution in [0.25, 0.3) is 0 Å². The normalized spacial score (nSPS) is 20.8. The first kappa shape index (κ1) is 21.8. The van der Waals surface area contributed by atoms with Gasteiger partial charge in [-0.1, -0.05) is 49.2 Å². The van der Waals surface area contributed by atoms with Gasteiger partial charge < -0.3 is 9.64 Å². The summed E-state index contributed by atoms with van der Waals surface area (Å²) in [6.45, 7) is 4.62. The number of para-hydroxylation sites is 1. The highest BCUT2D eigenvalue weighted by molar-refractivity contribution is 8.14. The van der Waals surface area contributed by atoms with E-state index in [0.29, 0.717) is 6.04 Å². The maximum atomic E-state index is 12.7. The van der Waals surface area contributed by atoms with Gasteiger partial charge in [-0.3, -0.25) is 14.7 Å². The maximum Gasteiger partial charge on any atom is 0.225 e. The summed E-state index contributed by atoms with van der Waals surface area (Å²) in [6.07, 6.45) is 6.24. The van der Waals surface area contributed by atoms with Crippen molar-refractivity contribution >= 4 is 28.5 Å². The van der Waals surface area contributed by atoms with E-state index in [1.165, 1.54) is 32.1 Å². The largest absolute Gasteiger partial charge is 0.457 e. The standard InChI is InChI=1S/C25H31N3O2S/c1-3-27-24(18-31-25(27)26-20-10-6-4-7-11-20)28(19(2)29)21-14-16-23(17-15-21)30-22-12-8-5-9-13-22/h5,8-9,12-17,20,24H,3-4,6-7,10-11,18H2,1-2H3. The number of carbonyl (C=O) groups excluding carboxylic acids is 1. The highest BCUT2D eigenvalue weighted by Crippen LogP contribution is 2.33. The second-order valence-corrected chi connectivity index (χ2v) is 9.07. The minimum atomic E-state index is -0.0178. The van der Waals surface area contributed by atoms with E-state index in [-0.39, 0.29) is 12.1 Å². The molecule has 0 spiro atoms. The topological polar surface area (TPSA) is 45.1 Å². The van der Waals surface area contributed by atoms with Crippen LogP contribution < -0.4 is 9.64 Å². The first-order valence-electron chi connectivity index (χ1n) is 11.3. The zero-order valence-electron chi connectivity index (χ0n) is 18.4. The van der Waals surface area contributed by atoms with E-state index in [0.717, 1.165) is 34.7 Å². The van der Waals surface area contributed by atoms with Gasteiger partial charge in [0.2, 0.25) is 5.91 Å². The van der Waals surface area contributed by atoms with Crippen molar-refractivity contribution in [3.8, 4) is 11.5 Å². The Labute approximate surface area is 189 Å². The molecule has 1 amide bonds. The Bertz CT molecular complexity index is 895. The molecule has 0 bridgehead atoms. The molecule has 5 nitrogen and oxygen atoms in total. The molecule has 0 N–H and O–H groups in total. The van der Waals surface area contributed by atoms with Crippen molar-refractivity contribution < 1.29 is 9.53 Å². The minimum Gasteiger partial charge on any atom is -0.457 e. The molecular weight excluding hydrogens is 406 g/mol. The highest BCUT2D eigenvalue weighted by Gasteiger charge is 2.36. The van der Waals surface area contributed by atoms with E-state index in [4.69, 9.17) is 9.73 Å². The number of carbonyl (C=O) groups is 1. The molecule has 1 saturated carbocycles. The molecule has 2 aliphatic rings. The summed E-state index contributed by atoms with van der Waals surface area (Å²) >= 11 is 1.78. The zero-order valence-corrected chi connectivity index (χ0v) is 19.2. The molecule has 6 heteroatoms. The van der Waals surface area contributed by atoms with Gasteiger partial charge in [-0.2, -0.15) is 0 Å². The van der Waals surface area contributed by atoms with Crippen molar-refractivity contribution in [3.05, 3.63) is 54.6 Å². The summed E-state index contributed by atoms with van der Waals surface area (Å²) in [6, 6.07) is 17.9. The number of hydrogen-bond donors (Lipinski definition) is 0. The fourth-order valence-corrected chi connectivity index (χ4v) is 5.62. The van der Waals surface area contributed by atoms with Crippen molar-refractivity contribution in [2.45, 2.75) is 58.2 Å². The third kappa shape index (κ3) is 5.24. The van der Waals surface area contributed by atoms with Crippen LogP contribution >= 0.6 is 11.8 Å². The van der Waals surface area contributed by atoms with Gasteiger partial charge in [-0.15, -0.1) is 0 Å². The van der Waals surface area contributed by atoms with Crippen LogP contribution in [0.5, 0.6) is 11.5 Å². The van der Waals surface area contributed by atoms with Crippen LogP contribution in [-0.2, 0) is 4.79 Å². The maximum absolute atomic E-state index is 12.7. The minimum absolute atomic E-state index is 0.0178. The fraction of sp³-hybridized carbons (Fsp3) is 0.440. The lowest BCUT2D eigenvalue weighted by atomic mass is 9.96. The van der Waals surface area contributed by atoms with Crippen molar-refractivity contribution in [2.75, 3.05) is 17.2 Å². The lowest BCUT2D eigenvalue weighted by Gasteiger charge is -2.34. The molecule has 164 valence electrons. The molecule has 2 aromatic rings. The van der Waals surface area contributed by atoms with Gasteiger partial charge in [0, 0.05) is 24.9 Å². The van der Waals surface area contributed by atoms with Crippen molar-refractivity contribution in [1.29, 1.82) is 0 Å². The SMILES string of the molecule is CCN1C(=NC2CCCCC2)SCC1N(C(C)=O)c1ccc(Oc2ccccc2)cc1. The summed E-state index contributed by atoms with van der Waals surface area (Å²) in [7, 11) is 0. The smallest absolute Gasteiger partial charge is 0.225 e. The Morgan fingerprint density at radius 3 is 2.39 bits per heavy atom. The van der Waals surface area contributed by atoms with Gasteiger partial charge in [-0.25, -0.2) is 0 Å². The van der Waals surface area contributed by atoms with Crippen LogP contribution in [0.15, 0.2) is 59.6 Å². The number of ether oxygens (including phenoxy) is 1. The quantitative estimate of drug-likeness (QED) is 0.563. The molecule has 4 rings (SSSR count). The summed E-state index contributed by atoms with van der Waals surface area (Å²) in [4.78, 5) is 21.9. The average Bonchev–Trinajstić information content (AvgIpc) is 3.18. The van der Waals surface area contributed by atoms with Gasteiger partial charge in [0.1, 0.15) is 17.7 Å². The van der Waals surface area contributed by atoms with Crippen LogP contribution in [0, 0.1) is 0 Å². The van der Waals surface area contributed by atoms with Gasteiger partial charge in [0.05, 0.1) is 6.04 Å². The summed E-state index contributed by atoms with van der Waals surface area (Å²) in [5.41, 5.74) is 0.885. The highest BCUT2D eigenvalue weighted by atomic mass is 32.2. The van der Waals surface area contributed by atoms with Gasteiger partial charge in [0.15, 0.2) is 5.17 Å². The summed E-state index contributed by atoms with van der Waals surface area (Å²) < 4.78 is 5.91. The second-order valence-electron chi connectivity index (χ2n) is 8.08. The molecule has 0 aromatic heterocycles. The van der Waals surface area contributed by atoms with Crippen LogP contribution in [0.1, 0.15) is 46.0 Å². The molecule has 1 atom stereocenters. The van der Waals surface area contributed by atoms with E-state index in [1.54, 1.807) is 18.7 Å². The molecule has 0 radical (unpaired) electrons. The van der Waals surface area contributed by atoms with Gasteiger partial charge in [-0.05, 0) is 56.2 Å². The average molecular weight is 438 g/mol.